The van der Waals surface area contributed by atoms with Crippen molar-refractivity contribution in [1.29, 1.82) is 0 Å². The van der Waals surface area contributed by atoms with Crippen LogP contribution in [0.3, 0.4) is 0 Å². The molecule has 7 heteroatoms. The number of para-hydroxylation sites is 1. The lowest BCUT2D eigenvalue weighted by atomic mass is 10.1. The van der Waals surface area contributed by atoms with Crippen molar-refractivity contribution in [3.05, 3.63) is 29.3 Å². The number of hydrogen-bond acceptors (Lipinski definition) is 3. The van der Waals surface area contributed by atoms with Crippen molar-refractivity contribution in [2.75, 3.05) is 38.0 Å². The minimum Gasteiger partial charge on any atom is -0.344 e. The van der Waals surface area contributed by atoms with Crippen molar-refractivity contribution in [1.82, 2.24) is 10.2 Å². The molecule has 0 unspecified atom stereocenters. The van der Waals surface area contributed by atoms with E-state index in [2.05, 4.69) is 10.6 Å². The van der Waals surface area contributed by atoms with Crippen molar-refractivity contribution in [2.45, 2.75) is 32.7 Å². The predicted octanol–water partition coefficient (Wildman–Crippen LogP) is -0.752. The third kappa shape index (κ3) is 4.22. The highest BCUT2D eigenvalue weighted by Gasteiger charge is 2.33. The number of aryl methyl sites for hydroxylation is 2. The van der Waals surface area contributed by atoms with Crippen LogP contribution in [0.1, 0.15) is 24.0 Å². The number of anilines is 1. The molecule has 3 N–H and O–H groups in total. The molecule has 3 amide bonds. The van der Waals surface area contributed by atoms with Crippen LogP contribution in [0, 0.1) is 13.8 Å². The maximum Gasteiger partial charge on any atom is 0.279 e. The molecule has 0 spiro atoms. The lowest BCUT2D eigenvalue weighted by molar-refractivity contribution is -0.895. The monoisotopic (exact) mass is 359 g/mol. The van der Waals surface area contributed by atoms with Crippen molar-refractivity contribution < 1.29 is 19.3 Å². The largest absolute Gasteiger partial charge is 0.344 e. The smallest absolute Gasteiger partial charge is 0.279 e. The fraction of sp³-hybridized carbons (Fsp3) is 0.526. The SMILES string of the molecule is Cc1cccc(C)c1NC(=O)C[NH+]1CCN(C(=O)[C@H]2CCC(=O)N2)CC1. The maximum absolute atomic E-state index is 12.4. The second-order valence-corrected chi connectivity index (χ2v) is 7.23. The number of carbonyl (C=O) groups excluding carboxylic acids is 3. The van der Waals surface area contributed by atoms with Crippen molar-refractivity contribution in [3.63, 3.8) is 0 Å². The predicted molar refractivity (Wildman–Crippen MR) is 97.9 cm³/mol. The lowest BCUT2D eigenvalue weighted by Crippen LogP contribution is -3.15. The standard InChI is InChI=1S/C19H26N4O3/c1-13-4-3-5-14(2)18(13)21-17(25)12-22-8-10-23(11-9-22)19(26)15-6-7-16(24)20-15/h3-5,15H,6-12H2,1-2H3,(H,20,24)(H,21,25)/p+1/t15-/m1/s1. The second kappa shape index (κ2) is 7.86. The van der Waals surface area contributed by atoms with Gasteiger partial charge in [0.05, 0.1) is 26.2 Å². The van der Waals surface area contributed by atoms with Gasteiger partial charge in [-0.05, 0) is 31.4 Å². The van der Waals surface area contributed by atoms with E-state index in [9.17, 15) is 14.4 Å². The normalized spacial score (nSPS) is 20.8. The second-order valence-electron chi connectivity index (χ2n) is 7.23. The molecule has 26 heavy (non-hydrogen) atoms. The Labute approximate surface area is 153 Å². The molecule has 2 aliphatic heterocycles. The van der Waals surface area contributed by atoms with E-state index in [0.29, 0.717) is 32.5 Å². The van der Waals surface area contributed by atoms with Crippen molar-refractivity contribution in [3.8, 4) is 0 Å². The zero-order chi connectivity index (χ0) is 18.7. The summed E-state index contributed by atoms with van der Waals surface area (Å²) >= 11 is 0. The van der Waals surface area contributed by atoms with E-state index >= 15 is 0 Å². The summed E-state index contributed by atoms with van der Waals surface area (Å²) < 4.78 is 0. The Morgan fingerprint density at radius 1 is 1.23 bits per heavy atom. The van der Waals surface area contributed by atoms with Gasteiger partial charge in [-0.1, -0.05) is 18.2 Å². The van der Waals surface area contributed by atoms with Gasteiger partial charge in [-0.25, -0.2) is 0 Å². The minimum atomic E-state index is -0.364. The summed E-state index contributed by atoms with van der Waals surface area (Å²) in [5.41, 5.74) is 3.01. The van der Waals surface area contributed by atoms with E-state index in [-0.39, 0.29) is 23.8 Å². The first-order chi connectivity index (χ1) is 12.4. The van der Waals surface area contributed by atoms with Crippen LogP contribution >= 0.6 is 0 Å². The highest BCUT2D eigenvalue weighted by atomic mass is 16.2. The molecule has 1 aromatic rings. The summed E-state index contributed by atoms with van der Waals surface area (Å²) in [7, 11) is 0. The van der Waals surface area contributed by atoms with Gasteiger partial charge in [-0.15, -0.1) is 0 Å². The number of nitrogens with one attached hydrogen (secondary N) is 3. The molecule has 0 radical (unpaired) electrons. The molecule has 2 aliphatic rings. The average Bonchev–Trinajstić information content (AvgIpc) is 3.05. The van der Waals surface area contributed by atoms with Gasteiger partial charge < -0.3 is 20.4 Å². The highest BCUT2D eigenvalue weighted by molar-refractivity contribution is 5.93. The minimum absolute atomic E-state index is 0.000216. The number of nitrogens with zero attached hydrogens (tertiary/aromatic N) is 1. The molecule has 2 saturated heterocycles. The Balaban J connectivity index is 1.47. The molecular formula is C19H27N4O3+. The topological polar surface area (TPSA) is 83.0 Å². The van der Waals surface area contributed by atoms with Crippen LogP contribution in [0.15, 0.2) is 18.2 Å². The Hall–Kier alpha value is -2.41. The first kappa shape index (κ1) is 18.4. The number of rotatable bonds is 4. The van der Waals surface area contributed by atoms with Gasteiger partial charge in [-0.3, -0.25) is 14.4 Å². The molecule has 2 heterocycles. The van der Waals surface area contributed by atoms with Crippen LogP contribution in [-0.2, 0) is 14.4 Å². The Morgan fingerprint density at radius 3 is 2.46 bits per heavy atom. The van der Waals surface area contributed by atoms with Gasteiger partial charge in [0.25, 0.3) is 5.91 Å². The lowest BCUT2D eigenvalue weighted by Gasteiger charge is -2.33. The van der Waals surface area contributed by atoms with Gasteiger partial charge >= 0.3 is 0 Å². The Kier molecular flexibility index (Phi) is 5.56. The van der Waals surface area contributed by atoms with Gasteiger partial charge in [0, 0.05) is 12.1 Å². The number of carbonyl (C=O) groups is 3. The van der Waals surface area contributed by atoms with E-state index in [1.807, 2.05) is 36.9 Å². The van der Waals surface area contributed by atoms with Crippen LogP contribution in [0.5, 0.6) is 0 Å². The van der Waals surface area contributed by atoms with E-state index in [1.54, 1.807) is 0 Å². The van der Waals surface area contributed by atoms with Gasteiger partial charge in [-0.2, -0.15) is 0 Å². The molecular weight excluding hydrogens is 332 g/mol. The van der Waals surface area contributed by atoms with E-state index in [1.165, 1.54) is 4.90 Å². The Morgan fingerprint density at radius 2 is 1.88 bits per heavy atom. The van der Waals surface area contributed by atoms with Crippen molar-refractivity contribution in [2.24, 2.45) is 0 Å². The number of hydrogen-bond donors (Lipinski definition) is 3. The maximum atomic E-state index is 12.4. The summed E-state index contributed by atoms with van der Waals surface area (Å²) in [6, 6.07) is 5.59. The third-order valence-electron chi connectivity index (χ3n) is 5.23. The van der Waals surface area contributed by atoms with Gasteiger partial charge in [0.1, 0.15) is 6.04 Å². The van der Waals surface area contributed by atoms with Crippen LogP contribution in [0.25, 0.3) is 0 Å². The molecule has 140 valence electrons. The van der Waals surface area contributed by atoms with Crippen LogP contribution in [-0.4, -0.2) is 61.4 Å². The highest BCUT2D eigenvalue weighted by Crippen LogP contribution is 2.18. The number of benzene rings is 1. The third-order valence-corrected chi connectivity index (χ3v) is 5.23. The molecule has 1 atom stereocenters. The summed E-state index contributed by atoms with van der Waals surface area (Å²) in [6.07, 6.45) is 1.02. The summed E-state index contributed by atoms with van der Waals surface area (Å²) in [5, 5.41) is 5.75. The van der Waals surface area contributed by atoms with E-state index in [4.69, 9.17) is 0 Å². The fourth-order valence-corrected chi connectivity index (χ4v) is 3.66. The molecule has 0 bridgehead atoms. The van der Waals surface area contributed by atoms with Crippen molar-refractivity contribution >= 4 is 23.4 Å². The summed E-state index contributed by atoms with van der Waals surface area (Å²) in [6.45, 7) is 7.10. The molecule has 3 rings (SSSR count). The fourth-order valence-electron chi connectivity index (χ4n) is 3.66. The summed E-state index contributed by atoms with van der Waals surface area (Å²) in [4.78, 5) is 39.1. The molecule has 0 aliphatic carbocycles. The van der Waals surface area contributed by atoms with E-state index < -0.39 is 0 Å². The first-order valence-electron chi connectivity index (χ1n) is 9.22. The zero-order valence-corrected chi connectivity index (χ0v) is 15.4. The average molecular weight is 359 g/mol. The molecule has 7 nitrogen and oxygen atoms in total. The van der Waals surface area contributed by atoms with E-state index in [0.717, 1.165) is 29.9 Å². The Bertz CT molecular complexity index is 690. The quantitative estimate of drug-likeness (QED) is 0.661. The molecule has 2 fully saturated rings. The summed E-state index contributed by atoms with van der Waals surface area (Å²) in [5.74, 6) is -0.0362. The van der Waals surface area contributed by atoms with Crippen LogP contribution in [0.4, 0.5) is 5.69 Å². The number of quaternary nitrogens is 1. The van der Waals surface area contributed by atoms with Gasteiger partial charge in [0.15, 0.2) is 6.54 Å². The molecule has 0 aromatic heterocycles. The number of piperazine rings is 1. The zero-order valence-electron chi connectivity index (χ0n) is 15.4. The van der Waals surface area contributed by atoms with Crippen LogP contribution in [0.2, 0.25) is 0 Å². The molecule has 1 aromatic carbocycles. The number of amides is 3. The first-order valence-corrected chi connectivity index (χ1v) is 9.22. The molecule has 0 saturated carbocycles. The van der Waals surface area contributed by atoms with Crippen LogP contribution < -0.4 is 15.5 Å². The van der Waals surface area contributed by atoms with Gasteiger partial charge in [0.2, 0.25) is 11.8 Å².